The van der Waals surface area contributed by atoms with Gasteiger partial charge in [-0.1, -0.05) is 34.1 Å². The zero-order chi connectivity index (χ0) is 26.3. The number of carboxylic acid groups (broad SMARTS) is 1. The molecule has 0 radical (unpaired) electrons. The molecule has 0 aromatic heterocycles. The van der Waals surface area contributed by atoms with Crippen LogP contribution in [0, 0.1) is 11.8 Å². The average molecular weight is 504 g/mol. The first-order valence-corrected chi connectivity index (χ1v) is 13.5. The van der Waals surface area contributed by atoms with E-state index < -0.39 is 47.9 Å². The molecule has 0 bridgehead atoms. The van der Waals surface area contributed by atoms with Gasteiger partial charge < -0.3 is 32.5 Å². The molecule has 5 atom stereocenters. The summed E-state index contributed by atoms with van der Waals surface area (Å²) in [7, 11) is 0. The Bertz CT molecular complexity index is 649. The van der Waals surface area contributed by atoms with E-state index in [1.807, 2.05) is 34.0 Å². The third-order valence-electron chi connectivity index (χ3n) is 5.66. The molecule has 0 aliphatic carbocycles. The molecule has 3 amide bonds. The normalized spacial score (nSPS) is 15.6. The van der Waals surface area contributed by atoms with Crippen LogP contribution in [0.15, 0.2) is 0 Å². The summed E-state index contributed by atoms with van der Waals surface area (Å²) in [6.45, 7) is 8.05. The second kappa shape index (κ2) is 17.6. The van der Waals surface area contributed by atoms with Gasteiger partial charge in [0.1, 0.15) is 18.1 Å². The maximum absolute atomic E-state index is 13.1. The fraction of sp³-hybridized carbons (Fsp3) is 0.826. The van der Waals surface area contributed by atoms with Crippen LogP contribution in [0.2, 0.25) is 0 Å². The van der Waals surface area contributed by atoms with Crippen molar-refractivity contribution in [3.63, 3.8) is 0 Å². The quantitative estimate of drug-likeness (QED) is 0.149. The summed E-state index contributed by atoms with van der Waals surface area (Å²) in [5, 5.41) is 17.5. The molecule has 0 rings (SSSR count). The Labute approximate surface area is 208 Å². The zero-order valence-electron chi connectivity index (χ0n) is 21.3. The van der Waals surface area contributed by atoms with Crippen LogP contribution < -0.4 is 27.4 Å². The van der Waals surface area contributed by atoms with Gasteiger partial charge in [-0.25, -0.2) is 4.79 Å². The monoisotopic (exact) mass is 503 g/mol. The van der Waals surface area contributed by atoms with Crippen LogP contribution in [0.3, 0.4) is 0 Å². The lowest BCUT2D eigenvalue weighted by atomic mass is 9.97. The summed E-state index contributed by atoms with van der Waals surface area (Å²) in [5.41, 5.74) is 11.4. The Morgan fingerprint density at radius 2 is 1.53 bits per heavy atom. The zero-order valence-corrected chi connectivity index (χ0v) is 22.1. The number of hydrogen-bond acceptors (Lipinski definition) is 7. The maximum atomic E-state index is 13.1. The predicted molar refractivity (Wildman–Crippen MR) is 136 cm³/mol. The lowest BCUT2D eigenvalue weighted by molar-refractivity contribution is -0.143. The highest BCUT2D eigenvalue weighted by molar-refractivity contribution is 7.98. The largest absolute Gasteiger partial charge is 0.480 e. The Kier molecular flexibility index (Phi) is 16.6. The van der Waals surface area contributed by atoms with Crippen molar-refractivity contribution in [1.82, 2.24) is 16.0 Å². The van der Waals surface area contributed by atoms with Gasteiger partial charge in [-0.2, -0.15) is 11.8 Å². The summed E-state index contributed by atoms with van der Waals surface area (Å²) < 4.78 is 0. The molecule has 0 aromatic carbocycles. The molecular weight excluding hydrogens is 458 g/mol. The molecule has 8 N–H and O–H groups in total. The second-order valence-electron chi connectivity index (χ2n) is 9.13. The van der Waals surface area contributed by atoms with E-state index in [9.17, 15) is 24.3 Å². The number of carbonyl (C=O) groups excluding carboxylic acids is 3. The molecule has 0 fully saturated rings. The summed E-state index contributed by atoms with van der Waals surface area (Å²) in [4.78, 5) is 50.2. The molecule has 0 spiro atoms. The number of unbranched alkanes of at least 4 members (excludes halogenated alkanes) is 1. The molecule has 10 nitrogen and oxygen atoms in total. The highest BCUT2D eigenvalue weighted by Gasteiger charge is 2.32. The first-order valence-electron chi connectivity index (χ1n) is 12.1. The Hall–Kier alpha value is -1.85. The van der Waals surface area contributed by atoms with E-state index in [2.05, 4.69) is 16.0 Å². The fourth-order valence-electron chi connectivity index (χ4n) is 3.37. The van der Waals surface area contributed by atoms with E-state index in [-0.39, 0.29) is 18.3 Å². The van der Waals surface area contributed by atoms with Gasteiger partial charge in [-0.15, -0.1) is 0 Å². The van der Waals surface area contributed by atoms with Gasteiger partial charge in [0.15, 0.2) is 0 Å². The van der Waals surface area contributed by atoms with Crippen LogP contribution in [0.1, 0.15) is 66.2 Å². The Morgan fingerprint density at radius 1 is 0.912 bits per heavy atom. The number of amides is 3. The maximum Gasteiger partial charge on any atom is 0.326 e. The van der Waals surface area contributed by atoms with Crippen LogP contribution in [0.4, 0.5) is 0 Å². The molecule has 0 saturated heterocycles. The standard InChI is InChI=1S/C23H45N5O5S/c1-6-15(4)19(22(31)27-18(23(32)33)9-7-8-11-24)28-21(30)17(10-12-34-5)26-20(29)16(25)13-14(2)3/h14-19H,6-13,24-25H2,1-5H3,(H,26,29)(H,27,31)(H,28,30)(H,32,33). The summed E-state index contributed by atoms with van der Waals surface area (Å²) >= 11 is 1.53. The van der Waals surface area contributed by atoms with Crippen molar-refractivity contribution in [3.05, 3.63) is 0 Å². The SMILES string of the molecule is CCC(C)C(NC(=O)C(CCSC)NC(=O)C(N)CC(C)C)C(=O)NC(CCCCN)C(=O)O. The summed E-state index contributed by atoms with van der Waals surface area (Å²) in [6, 6.07) is -3.59. The molecule has 34 heavy (non-hydrogen) atoms. The van der Waals surface area contributed by atoms with Crippen molar-refractivity contribution in [3.8, 4) is 0 Å². The predicted octanol–water partition coefficient (Wildman–Crippen LogP) is 0.827. The summed E-state index contributed by atoms with van der Waals surface area (Å²) in [5.74, 6) is -1.99. The number of rotatable bonds is 18. The van der Waals surface area contributed by atoms with Crippen molar-refractivity contribution in [2.24, 2.45) is 23.3 Å². The minimum Gasteiger partial charge on any atom is -0.480 e. The number of aliphatic carboxylic acids is 1. The third kappa shape index (κ3) is 12.6. The van der Waals surface area contributed by atoms with Crippen LogP contribution >= 0.6 is 11.8 Å². The first-order chi connectivity index (χ1) is 16.0. The molecule has 0 aromatic rings. The van der Waals surface area contributed by atoms with Crippen molar-refractivity contribution in [2.75, 3.05) is 18.6 Å². The topological polar surface area (TPSA) is 177 Å². The van der Waals surface area contributed by atoms with Gasteiger partial charge in [-0.3, -0.25) is 14.4 Å². The number of nitrogens with one attached hydrogen (secondary N) is 3. The van der Waals surface area contributed by atoms with Crippen LogP contribution in [0.5, 0.6) is 0 Å². The van der Waals surface area contributed by atoms with Gasteiger partial charge >= 0.3 is 5.97 Å². The van der Waals surface area contributed by atoms with Crippen LogP contribution in [-0.2, 0) is 19.2 Å². The van der Waals surface area contributed by atoms with E-state index in [1.165, 1.54) is 11.8 Å². The third-order valence-corrected chi connectivity index (χ3v) is 6.30. The second-order valence-corrected chi connectivity index (χ2v) is 10.1. The first kappa shape index (κ1) is 32.1. The van der Waals surface area contributed by atoms with E-state index in [0.29, 0.717) is 44.4 Å². The molecule has 11 heteroatoms. The van der Waals surface area contributed by atoms with Gasteiger partial charge in [-0.05, 0) is 62.5 Å². The van der Waals surface area contributed by atoms with E-state index in [1.54, 1.807) is 0 Å². The number of carbonyl (C=O) groups is 4. The molecule has 0 heterocycles. The molecule has 198 valence electrons. The van der Waals surface area contributed by atoms with E-state index >= 15 is 0 Å². The van der Waals surface area contributed by atoms with Gasteiger partial charge in [0.2, 0.25) is 17.7 Å². The molecular formula is C23H45N5O5S. The fourth-order valence-corrected chi connectivity index (χ4v) is 3.84. The Balaban J connectivity index is 5.45. The highest BCUT2D eigenvalue weighted by atomic mass is 32.2. The number of carboxylic acids is 1. The molecule has 5 unspecified atom stereocenters. The van der Waals surface area contributed by atoms with Crippen LogP contribution in [-0.4, -0.2) is 71.5 Å². The number of nitrogens with two attached hydrogens (primary N) is 2. The number of hydrogen-bond donors (Lipinski definition) is 6. The summed E-state index contributed by atoms with van der Waals surface area (Å²) in [6.07, 6.45) is 4.81. The molecule has 0 saturated carbocycles. The van der Waals surface area contributed by atoms with Gasteiger partial charge in [0.05, 0.1) is 6.04 Å². The van der Waals surface area contributed by atoms with E-state index in [4.69, 9.17) is 11.5 Å². The lowest BCUT2D eigenvalue weighted by Gasteiger charge is -2.28. The van der Waals surface area contributed by atoms with Gasteiger partial charge in [0.25, 0.3) is 0 Å². The van der Waals surface area contributed by atoms with Crippen molar-refractivity contribution < 1.29 is 24.3 Å². The average Bonchev–Trinajstić information content (AvgIpc) is 2.77. The Morgan fingerprint density at radius 3 is 2.03 bits per heavy atom. The minimum absolute atomic E-state index is 0.227. The van der Waals surface area contributed by atoms with Crippen molar-refractivity contribution >= 4 is 35.5 Å². The minimum atomic E-state index is -1.14. The smallest absolute Gasteiger partial charge is 0.326 e. The molecule has 0 aliphatic heterocycles. The van der Waals surface area contributed by atoms with Crippen molar-refractivity contribution in [1.29, 1.82) is 0 Å². The number of thioether (sulfide) groups is 1. The van der Waals surface area contributed by atoms with Crippen LogP contribution in [0.25, 0.3) is 0 Å². The highest BCUT2D eigenvalue weighted by Crippen LogP contribution is 2.12. The molecule has 0 aliphatic rings. The van der Waals surface area contributed by atoms with Gasteiger partial charge in [0, 0.05) is 0 Å². The van der Waals surface area contributed by atoms with Crippen molar-refractivity contribution in [2.45, 2.75) is 90.4 Å². The lowest BCUT2D eigenvalue weighted by Crippen LogP contribution is -2.58. The van der Waals surface area contributed by atoms with E-state index in [0.717, 1.165) is 0 Å².